The fraction of sp³-hybridized carbons (Fsp3) is 0.516. The van der Waals surface area contributed by atoms with Crippen LogP contribution >= 0.6 is 0 Å². The molecule has 222 valence electrons. The molecule has 41 heavy (non-hydrogen) atoms. The van der Waals surface area contributed by atoms with E-state index in [2.05, 4.69) is 17.6 Å². The summed E-state index contributed by atoms with van der Waals surface area (Å²) in [6.07, 6.45) is 2.62. The number of carbonyl (C=O) groups is 3. The monoisotopic (exact) mass is 570 g/mol. The fourth-order valence-corrected chi connectivity index (χ4v) is 5.64. The lowest BCUT2D eigenvalue weighted by Crippen LogP contribution is -2.64. The zero-order valence-corrected chi connectivity index (χ0v) is 23.5. The minimum atomic E-state index is -1.39. The standard InChI is InChI=1S/C31H40F2N4O4/c1-2-3-4-8-12-36-20-23(17-27(36)38)30(40)35-26(16-22-14-24(32)18-25(33)15-22)29(39)28-31(41)37(13-11-34-28)19-21-9-6-5-7-10-21/h5-7,9-10,14-15,18,23,26,28-29,34,39H,2-4,8,11-13,16-17,19-20H2,1H3,(H,35,40)/t23?,26?,28-,29-/m0/s1. The molecule has 0 radical (unpaired) electrons. The first kappa shape index (κ1) is 30.6. The Hall–Kier alpha value is -3.37. The Morgan fingerprint density at radius 2 is 1.78 bits per heavy atom. The second kappa shape index (κ2) is 14.5. The van der Waals surface area contributed by atoms with Gasteiger partial charge in [0.25, 0.3) is 0 Å². The van der Waals surface area contributed by atoms with Gasteiger partial charge in [-0.15, -0.1) is 0 Å². The van der Waals surface area contributed by atoms with E-state index in [0.29, 0.717) is 26.2 Å². The molecule has 2 aliphatic rings. The van der Waals surface area contributed by atoms with E-state index in [9.17, 15) is 28.3 Å². The van der Waals surface area contributed by atoms with Crippen molar-refractivity contribution >= 4 is 17.7 Å². The molecule has 2 aromatic carbocycles. The minimum absolute atomic E-state index is 0.0580. The predicted octanol–water partition coefficient (Wildman–Crippen LogP) is 2.78. The summed E-state index contributed by atoms with van der Waals surface area (Å²) >= 11 is 0. The Labute approximate surface area is 240 Å². The van der Waals surface area contributed by atoms with E-state index in [4.69, 9.17) is 0 Å². The predicted molar refractivity (Wildman–Crippen MR) is 150 cm³/mol. The van der Waals surface area contributed by atoms with E-state index < -0.39 is 41.6 Å². The highest BCUT2D eigenvalue weighted by atomic mass is 19.1. The molecule has 2 saturated heterocycles. The van der Waals surface area contributed by atoms with Gasteiger partial charge in [-0.05, 0) is 36.1 Å². The van der Waals surface area contributed by atoms with Gasteiger partial charge in [0.05, 0.1) is 18.1 Å². The van der Waals surface area contributed by atoms with Crippen LogP contribution < -0.4 is 10.6 Å². The van der Waals surface area contributed by atoms with Crippen LogP contribution in [0.4, 0.5) is 8.78 Å². The van der Waals surface area contributed by atoms with Crippen LogP contribution in [-0.2, 0) is 27.3 Å². The van der Waals surface area contributed by atoms with Crippen LogP contribution in [0.15, 0.2) is 48.5 Å². The van der Waals surface area contributed by atoms with Crippen molar-refractivity contribution in [3.8, 4) is 0 Å². The molecule has 0 bridgehead atoms. The average molecular weight is 571 g/mol. The Kier molecular flexibility index (Phi) is 10.8. The van der Waals surface area contributed by atoms with Crippen molar-refractivity contribution in [2.45, 2.75) is 70.2 Å². The maximum Gasteiger partial charge on any atom is 0.242 e. The van der Waals surface area contributed by atoms with Gasteiger partial charge in [-0.3, -0.25) is 14.4 Å². The van der Waals surface area contributed by atoms with E-state index in [-0.39, 0.29) is 36.8 Å². The minimum Gasteiger partial charge on any atom is -0.389 e. The number of carbonyl (C=O) groups excluding carboxylic acids is 3. The van der Waals surface area contributed by atoms with Crippen molar-refractivity contribution in [2.75, 3.05) is 26.2 Å². The van der Waals surface area contributed by atoms with E-state index in [1.807, 2.05) is 30.3 Å². The second-order valence-corrected chi connectivity index (χ2v) is 11.1. The molecule has 4 rings (SSSR count). The number of unbranched alkanes of at least 4 members (excludes halogenated alkanes) is 3. The number of rotatable bonds is 13. The van der Waals surface area contributed by atoms with E-state index in [0.717, 1.165) is 49.4 Å². The van der Waals surface area contributed by atoms with Gasteiger partial charge >= 0.3 is 0 Å². The summed E-state index contributed by atoms with van der Waals surface area (Å²) in [6.45, 7) is 4.23. The zero-order chi connectivity index (χ0) is 29.4. The van der Waals surface area contributed by atoms with Crippen LogP contribution in [0.1, 0.15) is 50.2 Å². The average Bonchev–Trinajstić information content (AvgIpc) is 3.32. The molecule has 8 nitrogen and oxygen atoms in total. The summed E-state index contributed by atoms with van der Waals surface area (Å²) in [5.41, 5.74) is 1.18. The topological polar surface area (TPSA) is 102 Å². The number of piperazine rings is 1. The van der Waals surface area contributed by atoms with Gasteiger partial charge < -0.3 is 25.5 Å². The molecule has 2 unspecified atom stereocenters. The van der Waals surface area contributed by atoms with Gasteiger partial charge in [-0.2, -0.15) is 0 Å². The van der Waals surface area contributed by atoms with E-state index in [1.165, 1.54) is 0 Å². The molecule has 3 N–H and O–H groups in total. The SMILES string of the molecule is CCCCCCN1CC(C(=O)NC(Cc2cc(F)cc(F)c2)[C@H](O)[C@@H]2NCCN(Cc3ccccc3)C2=O)CC1=O. The summed E-state index contributed by atoms with van der Waals surface area (Å²) in [5, 5.41) is 17.3. The summed E-state index contributed by atoms with van der Waals surface area (Å²) in [7, 11) is 0. The van der Waals surface area contributed by atoms with Gasteiger partial charge in [-0.1, -0.05) is 56.5 Å². The number of likely N-dealkylation sites (tertiary alicyclic amines) is 1. The van der Waals surface area contributed by atoms with Gasteiger partial charge in [0, 0.05) is 45.2 Å². The first-order chi connectivity index (χ1) is 19.7. The largest absolute Gasteiger partial charge is 0.389 e. The quantitative estimate of drug-likeness (QED) is 0.322. The molecule has 0 aliphatic carbocycles. The molecule has 2 aromatic rings. The van der Waals surface area contributed by atoms with Crippen molar-refractivity contribution in [3.05, 3.63) is 71.3 Å². The lowest BCUT2D eigenvalue weighted by molar-refractivity contribution is -0.141. The molecule has 2 heterocycles. The lowest BCUT2D eigenvalue weighted by atomic mass is 9.93. The number of hydrogen-bond acceptors (Lipinski definition) is 5. The van der Waals surface area contributed by atoms with E-state index >= 15 is 0 Å². The van der Waals surface area contributed by atoms with Crippen molar-refractivity contribution in [2.24, 2.45) is 5.92 Å². The Balaban J connectivity index is 1.47. The van der Waals surface area contributed by atoms with Crippen LogP contribution in [-0.4, -0.2) is 77.0 Å². The van der Waals surface area contributed by atoms with Crippen LogP contribution in [0.3, 0.4) is 0 Å². The van der Waals surface area contributed by atoms with Crippen LogP contribution in [0.5, 0.6) is 0 Å². The molecular weight excluding hydrogens is 530 g/mol. The normalized spacial score (nSPS) is 20.8. The zero-order valence-electron chi connectivity index (χ0n) is 23.5. The summed E-state index contributed by atoms with van der Waals surface area (Å²) in [6, 6.07) is 10.5. The maximum absolute atomic E-state index is 14.0. The third-order valence-electron chi connectivity index (χ3n) is 7.87. The molecule has 0 spiro atoms. The molecule has 0 saturated carbocycles. The highest BCUT2D eigenvalue weighted by Crippen LogP contribution is 2.21. The summed E-state index contributed by atoms with van der Waals surface area (Å²) in [5.74, 6) is -3.02. The molecule has 3 amide bonds. The lowest BCUT2D eigenvalue weighted by Gasteiger charge is -2.38. The number of nitrogens with one attached hydrogen (secondary N) is 2. The number of aliphatic hydroxyl groups excluding tert-OH is 1. The first-order valence-corrected chi connectivity index (χ1v) is 14.5. The highest BCUT2D eigenvalue weighted by molar-refractivity contribution is 5.89. The number of amides is 3. The number of nitrogens with zero attached hydrogens (tertiary/aromatic N) is 2. The van der Waals surface area contributed by atoms with Crippen molar-refractivity contribution < 1.29 is 28.3 Å². The van der Waals surface area contributed by atoms with Gasteiger partial charge in [-0.25, -0.2) is 8.78 Å². The Morgan fingerprint density at radius 1 is 1.05 bits per heavy atom. The molecule has 0 aromatic heterocycles. The smallest absolute Gasteiger partial charge is 0.242 e. The van der Waals surface area contributed by atoms with Crippen molar-refractivity contribution in [1.29, 1.82) is 0 Å². The molecule has 4 atom stereocenters. The maximum atomic E-state index is 14.0. The molecule has 2 aliphatic heterocycles. The number of aliphatic hydroxyl groups is 1. The van der Waals surface area contributed by atoms with Crippen molar-refractivity contribution in [1.82, 2.24) is 20.4 Å². The van der Waals surface area contributed by atoms with Crippen LogP contribution in [0, 0.1) is 17.6 Å². The number of benzene rings is 2. The summed E-state index contributed by atoms with van der Waals surface area (Å²) < 4.78 is 28.0. The van der Waals surface area contributed by atoms with Gasteiger partial charge in [0.1, 0.15) is 17.7 Å². The molecule has 2 fully saturated rings. The second-order valence-electron chi connectivity index (χ2n) is 11.1. The first-order valence-electron chi connectivity index (χ1n) is 14.5. The Morgan fingerprint density at radius 3 is 2.49 bits per heavy atom. The Bertz CT molecular complexity index is 1180. The number of hydrogen-bond donors (Lipinski definition) is 3. The summed E-state index contributed by atoms with van der Waals surface area (Å²) in [4.78, 5) is 42.7. The van der Waals surface area contributed by atoms with Gasteiger partial charge in [0.2, 0.25) is 17.7 Å². The molecular formula is C31H40F2N4O4. The third kappa shape index (κ3) is 8.33. The van der Waals surface area contributed by atoms with Crippen molar-refractivity contribution in [3.63, 3.8) is 0 Å². The fourth-order valence-electron chi connectivity index (χ4n) is 5.64. The van der Waals surface area contributed by atoms with Crippen LogP contribution in [0.25, 0.3) is 0 Å². The van der Waals surface area contributed by atoms with E-state index in [1.54, 1.807) is 9.80 Å². The third-order valence-corrected chi connectivity index (χ3v) is 7.87. The number of halogens is 2. The van der Waals surface area contributed by atoms with Crippen LogP contribution in [0.2, 0.25) is 0 Å². The highest BCUT2D eigenvalue weighted by Gasteiger charge is 2.40. The molecule has 10 heteroatoms. The van der Waals surface area contributed by atoms with Gasteiger partial charge in [0.15, 0.2) is 0 Å².